The predicted molar refractivity (Wildman–Crippen MR) is 106 cm³/mol. The first-order valence-electron chi connectivity index (χ1n) is 10.2. The van der Waals surface area contributed by atoms with Crippen molar-refractivity contribution >= 4 is 17.4 Å². The number of amides is 1. The number of nitrogens with zero attached hydrogens (tertiary/aromatic N) is 5. The molecule has 30 heavy (non-hydrogen) atoms. The van der Waals surface area contributed by atoms with Gasteiger partial charge in [0.15, 0.2) is 5.65 Å². The number of fused-ring (bicyclic) bond motifs is 7. The van der Waals surface area contributed by atoms with Gasteiger partial charge in [-0.15, -0.1) is 0 Å². The van der Waals surface area contributed by atoms with Gasteiger partial charge in [0.25, 0.3) is 5.91 Å². The number of carbonyl (C=O) groups is 1. The zero-order valence-electron chi connectivity index (χ0n) is 16.6. The standard InChI is InChI=1S/C21H21FN6O2/c1-10-6-23-20(29)14-8-25-28-4-3-16(26-19(14)28)27-9-15-11(2)17(15)18(27)13-5-12(22)7-24-21(13)30-10/h3-5,7-8,10-11,15,17-18H,6,9H2,1-2H3,(H,23,29)/t10-,11-,15+,17-,18+/m1/s1. The maximum absolute atomic E-state index is 14.3. The smallest absolute Gasteiger partial charge is 0.256 e. The zero-order valence-corrected chi connectivity index (χ0v) is 16.6. The van der Waals surface area contributed by atoms with Crippen molar-refractivity contribution in [1.82, 2.24) is 24.9 Å². The first-order valence-corrected chi connectivity index (χ1v) is 10.2. The molecule has 0 aromatic carbocycles. The SMILES string of the molecule is C[C@@H]1[C@@H]2CN3c4ccn5ncc(c5n4)C(=O)NC[C@@H](C)Oc4ncc(F)cc4[C@H]3[C@H]12. The Balaban J connectivity index is 1.55. The van der Waals surface area contributed by atoms with Crippen molar-refractivity contribution in [3.63, 3.8) is 0 Å². The maximum Gasteiger partial charge on any atom is 0.256 e. The number of rotatable bonds is 0. The fourth-order valence-electron chi connectivity index (χ4n) is 5.05. The summed E-state index contributed by atoms with van der Waals surface area (Å²) in [4.78, 5) is 24.0. The van der Waals surface area contributed by atoms with E-state index >= 15 is 0 Å². The first-order chi connectivity index (χ1) is 14.5. The number of nitrogens with one attached hydrogen (secondary N) is 1. The molecule has 1 saturated heterocycles. The van der Waals surface area contributed by atoms with E-state index < -0.39 is 0 Å². The lowest BCUT2D eigenvalue weighted by Gasteiger charge is -2.31. The molecule has 5 heterocycles. The summed E-state index contributed by atoms with van der Waals surface area (Å²) in [7, 11) is 0. The molecule has 3 aliphatic rings. The van der Waals surface area contributed by atoms with E-state index in [4.69, 9.17) is 9.72 Å². The Kier molecular flexibility index (Phi) is 3.60. The van der Waals surface area contributed by atoms with Crippen molar-refractivity contribution in [2.75, 3.05) is 18.0 Å². The predicted octanol–water partition coefficient (Wildman–Crippen LogP) is 2.22. The highest BCUT2D eigenvalue weighted by atomic mass is 19.1. The minimum atomic E-state index is -0.388. The molecule has 2 bridgehead atoms. The molecular weight excluding hydrogens is 387 g/mol. The fraction of sp³-hybridized carbons (Fsp3) is 0.429. The molecule has 8 nitrogen and oxygen atoms in total. The van der Waals surface area contributed by atoms with Crippen LogP contribution in [0.25, 0.3) is 5.65 Å². The molecule has 0 radical (unpaired) electrons. The Bertz CT molecular complexity index is 1180. The Morgan fingerprint density at radius 1 is 1.30 bits per heavy atom. The van der Waals surface area contributed by atoms with E-state index in [0.717, 1.165) is 17.9 Å². The monoisotopic (exact) mass is 408 g/mol. The summed E-state index contributed by atoms with van der Waals surface area (Å²) in [6.45, 7) is 5.19. The van der Waals surface area contributed by atoms with Gasteiger partial charge in [0.1, 0.15) is 23.3 Å². The van der Waals surface area contributed by atoms with Crippen LogP contribution in [0, 0.1) is 23.6 Å². The van der Waals surface area contributed by atoms with E-state index in [9.17, 15) is 9.18 Å². The summed E-state index contributed by atoms with van der Waals surface area (Å²) in [5.74, 6) is 1.96. The van der Waals surface area contributed by atoms with E-state index in [-0.39, 0.29) is 30.4 Å². The Morgan fingerprint density at radius 3 is 3.03 bits per heavy atom. The van der Waals surface area contributed by atoms with Crippen LogP contribution in [-0.2, 0) is 0 Å². The average molecular weight is 408 g/mol. The average Bonchev–Trinajstić information content (AvgIpc) is 3.10. The summed E-state index contributed by atoms with van der Waals surface area (Å²) in [5.41, 5.74) is 1.65. The van der Waals surface area contributed by atoms with Crippen LogP contribution in [0.3, 0.4) is 0 Å². The second kappa shape index (κ2) is 6.13. The molecule has 3 aromatic heterocycles. The second-order valence-corrected chi connectivity index (χ2v) is 8.50. The summed E-state index contributed by atoms with van der Waals surface area (Å²) >= 11 is 0. The largest absolute Gasteiger partial charge is 0.473 e. The molecule has 1 N–H and O–H groups in total. The number of halogens is 1. The number of hydrogen-bond donors (Lipinski definition) is 1. The second-order valence-electron chi connectivity index (χ2n) is 8.50. The summed E-state index contributed by atoms with van der Waals surface area (Å²) in [6, 6.07) is 3.34. The lowest BCUT2D eigenvalue weighted by Crippen LogP contribution is -2.34. The van der Waals surface area contributed by atoms with Gasteiger partial charge >= 0.3 is 0 Å². The molecule has 1 saturated carbocycles. The van der Waals surface area contributed by atoms with Gasteiger partial charge in [0.2, 0.25) is 5.88 Å². The fourth-order valence-corrected chi connectivity index (χ4v) is 5.05. The van der Waals surface area contributed by atoms with Crippen molar-refractivity contribution < 1.29 is 13.9 Å². The molecule has 9 heteroatoms. The van der Waals surface area contributed by atoms with Crippen LogP contribution < -0.4 is 15.0 Å². The topological polar surface area (TPSA) is 84.7 Å². The Hall–Kier alpha value is -3.23. The van der Waals surface area contributed by atoms with Gasteiger partial charge in [-0.05, 0) is 36.8 Å². The van der Waals surface area contributed by atoms with Crippen LogP contribution >= 0.6 is 0 Å². The van der Waals surface area contributed by atoms with E-state index in [0.29, 0.717) is 34.8 Å². The molecule has 3 aromatic rings. The molecular formula is C21H21FN6O2. The third kappa shape index (κ3) is 2.50. The van der Waals surface area contributed by atoms with E-state index in [2.05, 4.69) is 27.2 Å². The van der Waals surface area contributed by atoms with Crippen molar-refractivity contribution in [3.8, 4) is 5.88 Å². The number of carbonyl (C=O) groups excluding carboxylic acids is 1. The lowest BCUT2D eigenvalue weighted by molar-refractivity contribution is 0.0931. The third-order valence-corrected chi connectivity index (χ3v) is 6.66. The van der Waals surface area contributed by atoms with Gasteiger partial charge in [-0.1, -0.05) is 6.92 Å². The summed E-state index contributed by atoms with van der Waals surface area (Å²) in [6.07, 6.45) is 4.18. The summed E-state index contributed by atoms with van der Waals surface area (Å²) < 4.78 is 21.9. The number of pyridine rings is 1. The lowest BCUT2D eigenvalue weighted by atomic mass is 10.0. The molecule has 0 spiro atoms. The van der Waals surface area contributed by atoms with E-state index in [1.54, 1.807) is 4.52 Å². The van der Waals surface area contributed by atoms with Crippen molar-refractivity contribution in [2.24, 2.45) is 17.8 Å². The highest BCUT2D eigenvalue weighted by Crippen LogP contribution is 2.62. The van der Waals surface area contributed by atoms with Gasteiger partial charge in [-0.2, -0.15) is 5.10 Å². The van der Waals surface area contributed by atoms with E-state index in [1.807, 2.05) is 19.2 Å². The van der Waals surface area contributed by atoms with Gasteiger partial charge in [0, 0.05) is 18.3 Å². The van der Waals surface area contributed by atoms with Crippen LogP contribution in [0.5, 0.6) is 5.88 Å². The number of aromatic nitrogens is 4. The summed E-state index contributed by atoms with van der Waals surface area (Å²) in [5, 5.41) is 7.12. The normalized spacial score (nSPS) is 29.8. The van der Waals surface area contributed by atoms with Crippen LogP contribution in [0.15, 0.2) is 30.7 Å². The minimum Gasteiger partial charge on any atom is -0.473 e. The van der Waals surface area contributed by atoms with Crippen LogP contribution in [0.2, 0.25) is 0 Å². The highest BCUT2D eigenvalue weighted by Gasteiger charge is 2.60. The maximum atomic E-state index is 14.3. The molecule has 2 aliphatic heterocycles. The van der Waals surface area contributed by atoms with Crippen molar-refractivity contribution in [2.45, 2.75) is 26.0 Å². The number of hydrogen-bond acceptors (Lipinski definition) is 6. The van der Waals surface area contributed by atoms with Crippen molar-refractivity contribution in [1.29, 1.82) is 0 Å². The Morgan fingerprint density at radius 2 is 2.17 bits per heavy atom. The van der Waals surface area contributed by atoms with Crippen LogP contribution in [0.1, 0.15) is 35.8 Å². The Labute approximate surface area is 172 Å². The number of anilines is 1. The first kappa shape index (κ1) is 17.6. The molecule has 1 aliphatic carbocycles. The number of piperidine rings is 1. The molecule has 1 amide bonds. The van der Waals surface area contributed by atoms with Gasteiger partial charge in [-0.3, -0.25) is 4.79 Å². The molecule has 5 atom stereocenters. The molecule has 0 unspecified atom stereocenters. The molecule has 6 rings (SSSR count). The van der Waals surface area contributed by atoms with Crippen molar-refractivity contribution in [3.05, 3.63) is 47.7 Å². The van der Waals surface area contributed by atoms with E-state index in [1.165, 1.54) is 18.5 Å². The zero-order chi connectivity index (χ0) is 20.6. The van der Waals surface area contributed by atoms with Crippen LogP contribution in [-0.4, -0.2) is 44.7 Å². The highest BCUT2D eigenvalue weighted by molar-refractivity contribution is 5.99. The van der Waals surface area contributed by atoms with Gasteiger partial charge < -0.3 is 15.0 Å². The molecule has 154 valence electrons. The van der Waals surface area contributed by atoms with Gasteiger partial charge in [0.05, 0.1) is 25.0 Å². The quantitative estimate of drug-likeness (QED) is 0.614. The third-order valence-electron chi connectivity index (χ3n) is 6.66. The van der Waals surface area contributed by atoms with Gasteiger partial charge in [-0.25, -0.2) is 18.9 Å². The minimum absolute atomic E-state index is 0.0823. The van der Waals surface area contributed by atoms with Crippen LogP contribution in [0.4, 0.5) is 10.2 Å². The number of ether oxygens (including phenoxy) is 1. The molecule has 2 fully saturated rings.